The second-order valence-electron chi connectivity index (χ2n) is 4.27. The molecule has 0 spiro atoms. The molecule has 0 aliphatic carbocycles. The highest BCUT2D eigenvalue weighted by atomic mass is 35.5. The lowest BCUT2D eigenvalue weighted by atomic mass is 10.0. The van der Waals surface area contributed by atoms with Crippen molar-refractivity contribution in [3.05, 3.63) is 34.9 Å². The third kappa shape index (κ3) is 4.96. The number of hydrogen-bond acceptors (Lipinski definition) is 3. The monoisotopic (exact) mass is 289 g/mol. The van der Waals surface area contributed by atoms with Gasteiger partial charge in [-0.3, -0.25) is 0 Å². The van der Waals surface area contributed by atoms with Crippen LogP contribution >= 0.6 is 11.6 Å². The minimum atomic E-state index is -2.87. The van der Waals surface area contributed by atoms with Crippen molar-refractivity contribution >= 4 is 21.4 Å². The Morgan fingerprint density at radius 3 is 2.67 bits per heavy atom. The van der Waals surface area contributed by atoms with Crippen LogP contribution < -0.4 is 5.32 Å². The van der Waals surface area contributed by atoms with Crippen LogP contribution in [0.2, 0.25) is 5.02 Å². The molecule has 0 amide bonds. The first-order valence-corrected chi connectivity index (χ1v) is 8.31. The van der Waals surface area contributed by atoms with Gasteiger partial charge in [-0.15, -0.1) is 0 Å². The van der Waals surface area contributed by atoms with E-state index in [0.717, 1.165) is 12.0 Å². The molecule has 5 heteroatoms. The summed E-state index contributed by atoms with van der Waals surface area (Å²) in [4.78, 5) is 0. The molecule has 0 radical (unpaired) electrons. The summed E-state index contributed by atoms with van der Waals surface area (Å²) in [7, 11) is -0.993. The van der Waals surface area contributed by atoms with E-state index in [2.05, 4.69) is 5.32 Å². The van der Waals surface area contributed by atoms with Gasteiger partial charge in [-0.1, -0.05) is 30.7 Å². The summed E-state index contributed by atoms with van der Waals surface area (Å²) < 4.78 is 22.8. The Balaban J connectivity index is 2.58. The van der Waals surface area contributed by atoms with Gasteiger partial charge in [0, 0.05) is 16.8 Å². The normalized spacial score (nSPS) is 13.5. The van der Waals surface area contributed by atoms with Crippen molar-refractivity contribution in [3.8, 4) is 0 Å². The van der Waals surface area contributed by atoms with Crippen LogP contribution in [0.25, 0.3) is 0 Å². The van der Waals surface area contributed by atoms with Crippen LogP contribution in [0, 0.1) is 0 Å². The summed E-state index contributed by atoms with van der Waals surface area (Å²) in [5.41, 5.74) is 1.10. The third-order valence-electron chi connectivity index (χ3n) is 2.99. The van der Waals surface area contributed by atoms with Gasteiger partial charge in [0.15, 0.2) is 0 Å². The summed E-state index contributed by atoms with van der Waals surface area (Å²) in [6, 6.07) is 7.80. The number of rotatable bonds is 7. The van der Waals surface area contributed by atoms with Crippen LogP contribution in [-0.2, 0) is 9.84 Å². The highest BCUT2D eigenvalue weighted by Crippen LogP contribution is 2.21. The molecule has 1 atom stereocenters. The van der Waals surface area contributed by atoms with Crippen molar-refractivity contribution < 1.29 is 8.42 Å². The maximum absolute atomic E-state index is 11.4. The Morgan fingerprint density at radius 2 is 2.11 bits per heavy atom. The fourth-order valence-corrected chi connectivity index (χ4v) is 2.95. The molecule has 0 aromatic heterocycles. The highest BCUT2D eigenvalue weighted by molar-refractivity contribution is 7.91. The lowest BCUT2D eigenvalue weighted by Gasteiger charge is -2.16. The molecule has 0 fully saturated rings. The van der Waals surface area contributed by atoms with Gasteiger partial charge < -0.3 is 5.32 Å². The standard InChI is InChI=1S/C13H20ClNO2S/c1-3-18(16,17)9-5-8-13(15-2)11-6-4-7-12(14)10-11/h4,6-7,10,13,15H,3,5,8-9H2,1-2H3. The average molecular weight is 290 g/mol. The van der Waals surface area contributed by atoms with Crippen molar-refractivity contribution in [2.45, 2.75) is 25.8 Å². The summed E-state index contributed by atoms with van der Waals surface area (Å²) in [5.74, 6) is 0.469. The first-order chi connectivity index (χ1) is 8.48. The Hall–Kier alpha value is -0.580. The van der Waals surface area contributed by atoms with Gasteiger partial charge in [-0.2, -0.15) is 0 Å². The SMILES string of the molecule is CCS(=O)(=O)CCCC(NC)c1cccc(Cl)c1. The van der Waals surface area contributed by atoms with Gasteiger partial charge >= 0.3 is 0 Å². The quantitative estimate of drug-likeness (QED) is 0.839. The smallest absolute Gasteiger partial charge is 0.150 e. The second kappa shape index (κ2) is 7.12. The van der Waals surface area contributed by atoms with E-state index in [1.54, 1.807) is 6.92 Å². The van der Waals surface area contributed by atoms with E-state index in [4.69, 9.17) is 11.6 Å². The van der Waals surface area contributed by atoms with Crippen LogP contribution in [-0.4, -0.2) is 27.0 Å². The number of benzene rings is 1. The molecular formula is C13H20ClNO2S. The minimum Gasteiger partial charge on any atom is -0.313 e. The summed E-state index contributed by atoms with van der Waals surface area (Å²) >= 11 is 5.95. The molecule has 1 unspecified atom stereocenters. The van der Waals surface area contributed by atoms with Crippen LogP contribution in [0.3, 0.4) is 0 Å². The van der Waals surface area contributed by atoms with Crippen molar-refractivity contribution in [2.75, 3.05) is 18.6 Å². The number of hydrogen-bond donors (Lipinski definition) is 1. The zero-order chi connectivity index (χ0) is 13.6. The van der Waals surface area contributed by atoms with E-state index in [1.165, 1.54) is 0 Å². The molecule has 0 aliphatic rings. The van der Waals surface area contributed by atoms with Gasteiger partial charge in [-0.05, 0) is 37.6 Å². The van der Waals surface area contributed by atoms with E-state index >= 15 is 0 Å². The summed E-state index contributed by atoms with van der Waals surface area (Å²) in [6.45, 7) is 1.68. The van der Waals surface area contributed by atoms with Crippen molar-refractivity contribution in [1.29, 1.82) is 0 Å². The fourth-order valence-electron chi connectivity index (χ4n) is 1.85. The largest absolute Gasteiger partial charge is 0.313 e. The zero-order valence-corrected chi connectivity index (χ0v) is 12.4. The van der Waals surface area contributed by atoms with Crippen LogP contribution in [0.15, 0.2) is 24.3 Å². The molecule has 102 valence electrons. The molecule has 0 heterocycles. The molecule has 1 aromatic carbocycles. The van der Waals surface area contributed by atoms with Crippen LogP contribution in [0.5, 0.6) is 0 Å². The Morgan fingerprint density at radius 1 is 1.39 bits per heavy atom. The Labute approximate surface area is 114 Å². The molecule has 0 saturated carbocycles. The minimum absolute atomic E-state index is 0.149. The molecule has 1 rings (SSSR count). The van der Waals surface area contributed by atoms with Crippen molar-refractivity contribution in [3.63, 3.8) is 0 Å². The molecule has 3 nitrogen and oxygen atoms in total. The topological polar surface area (TPSA) is 46.2 Å². The van der Waals surface area contributed by atoms with Gasteiger partial charge in [0.2, 0.25) is 0 Å². The van der Waals surface area contributed by atoms with Crippen molar-refractivity contribution in [1.82, 2.24) is 5.32 Å². The molecule has 1 N–H and O–H groups in total. The van der Waals surface area contributed by atoms with Gasteiger partial charge in [0.25, 0.3) is 0 Å². The lowest BCUT2D eigenvalue weighted by molar-refractivity contribution is 0.535. The fraction of sp³-hybridized carbons (Fsp3) is 0.538. The van der Waals surface area contributed by atoms with E-state index < -0.39 is 9.84 Å². The highest BCUT2D eigenvalue weighted by Gasteiger charge is 2.12. The molecule has 0 bridgehead atoms. The number of sulfone groups is 1. The molecular weight excluding hydrogens is 270 g/mol. The first-order valence-electron chi connectivity index (χ1n) is 6.11. The van der Waals surface area contributed by atoms with Crippen LogP contribution in [0.1, 0.15) is 31.4 Å². The number of halogens is 1. The van der Waals surface area contributed by atoms with E-state index in [9.17, 15) is 8.42 Å². The lowest BCUT2D eigenvalue weighted by Crippen LogP contribution is -2.18. The van der Waals surface area contributed by atoms with Crippen molar-refractivity contribution in [2.24, 2.45) is 0 Å². The molecule has 18 heavy (non-hydrogen) atoms. The average Bonchev–Trinajstić information content (AvgIpc) is 2.34. The predicted octanol–water partition coefficient (Wildman–Crippen LogP) is 2.82. The maximum atomic E-state index is 11.4. The molecule has 0 aliphatic heterocycles. The predicted molar refractivity (Wildman–Crippen MR) is 76.8 cm³/mol. The van der Waals surface area contributed by atoms with Gasteiger partial charge in [0.1, 0.15) is 9.84 Å². The van der Waals surface area contributed by atoms with E-state index in [-0.39, 0.29) is 17.5 Å². The third-order valence-corrected chi connectivity index (χ3v) is 5.01. The second-order valence-corrected chi connectivity index (χ2v) is 7.18. The zero-order valence-electron chi connectivity index (χ0n) is 10.8. The van der Waals surface area contributed by atoms with E-state index in [1.807, 2.05) is 31.3 Å². The molecule has 1 aromatic rings. The maximum Gasteiger partial charge on any atom is 0.150 e. The van der Waals surface area contributed by atoms with Gasteiger partial charge in [-0.25, -0.2) is 8.42 Å². The van der Waals surface area contributed by atoms with Gasteiger partial charge in [0.05, 0.1) is 5.75 Å². The molecule has 0 saturated heterocycles. The Kier molecular flexibility index (Phi) is 6.12. The first kappa shape index (κ1) is 15.5. The number of nitrogens with one attached hydrogen (secondary N) is 1. The van der Waals surface area contributed by atoms with Crippen LogP contribution in [0.4, 0.5) is 0 Å². The Bertz CT molecular complexity index is 474. The van der Waals surface area contributed by atoms with E-state index in [0.29, 0.717) is 11.4 Å². The summed E-state index contributed by atoms with van der Waals surface area (Å²) in [5, 5.41) is 3.90. The summed E-state index contributed by atoms with van der Waals surface area (Å²) in [6.07, 6.45) is 1.45.